The Hall–Kier alpha value is -2.53. The largest absolute Gasteiger partial charge is 0.455 e. The van der Waals surface area contributed by atoms with E-state index in [0.717, 1.165) is 54.3 Å². The Morgan fingerprint density at radius 1 is 1.08 bits per heavy atom. The summed E-state index contributed by atoms with van der Waals surface area (Å²) in [6.07, 6.45) is 3.65. The number of pyridine rings is 1. The van der Waals surface area contributed by atoms with E-state index in [-0.39, 0.29) is 0 Å². The number of H-pyrrole nitrogens is 1. The molecule has 5 nitrogen and oxygen atoms in total. The number of nitrogens with zero attached hydrogens (tertiary/aromatic N) is 3. The quantitative estimate of drug-likeness (QED) is 0.802. The molecule has 1 aromatic carbocycles. The highest BCUT2D eigenvalue weighted by molar-refractivity contribution is 5.76. The molecule has 5 heteroatoms. The smallest absolute Gasteiger partial charge is 0.146 e. The number of piperazine rings is 1. The highest BCUT2D eigenvalue weighted by atomic mass is 16.5. The maximum atomic E-state index is 6.13. The van der Waals surface area contributed by atoms with Gasteiger partial charge >= 0.3 is 0 Å². The van der Waals surface area contributed by atoms with E-state index >= 15 is 0 Å². The first-order valence-corrected chi connectivity index (χ1v) is 8.34. The number of rotatable bonds is 3. The van der Waals surface area contributed by atoms with Crippen LogP contribution in [0.15, 0.2) is 42.7 Å². The fourth-order valence-corrected chi connectivity index (χ4v) is 3.06. The summed E-state index contributed by atoms with van der Waals surface area (Å²) in [5.74, 6) is 1.66. The lowest BCUT2D eigenvalue weighted by molar-refractivity contribution is 0.312. The van der Waals surface area contributed by atoms with Crippen molar-refractivity contribution in [2.24, 2.45) is 0 Å². The van der Waals surface area contributed by atoms with Gasteiger partial charge in [0.25, 0.3) is 0 Å². The van der Waals surface area contributed by atoms with Crippen LogP contribution in [-0.4, -0.2) is 48.1 Å². The predicted octanol–water partition coefficient (Wildman–Crippen LogP) is 3.42. The monoisotopic (exact) mass is 322 g/mol. The zero-order chi connectivity index (χ0) is 16.5. The van der Waals surface area contributed by atoms with Gasteiger partial charge in [0.1, 0.15) is 17.1 Å². The summed E-state index contributed by atoms with van der Waals surface area (Å²) >= 11 is 0. The molecule has 3 aromatic rings. The van der Waals surface area contributed by atoms with Crippen LogP contribution in [0.4, 0.5) is 5.69 Å². The molecule has 3 heterocycles. The van der Waals surface area contributed by atoms with E-state index in [9.17, 15) is 0 Å². The minimum absolute atomic E-state index is 0.765. The SMILES string of the molecule is Cc1ccc(N2CCN(C)CC2)cc1Oc1cnc2[nH]ccc2c1. The van der Waals surface area contributed by atoms with Crippen molar-refractivity contribution in [2.75, 3.05) is 38.1 Å². The zero-order valence-electron chi connectivity index (χ0n) is 14.1. The number of likely N-dealkylation sites (N-methyl/N-ethyl adjacent to an activating group) is 1. The number of aromatic amines is 1. The molecule has 0 radical (unpaired) electrons. The Kier molecular flexibility index (Phi) is 3.86. The van der Waals surface area contributed by atoms with Crippen molar-refractivity contribution in [1.29, 1.82) is 0 Å². The van der Waals surface area contributed by atoms with Gasteiger partial charge in [0.2, 0.25) is 0 Å². The lowest BCUT2D eigenvalue weighted by Crippen LogP contribution is -2.44. The van der Waals surface area contributed by atoms with E-state index < -0.39 is 0 Å². The van der Waals surface area contributed by atoms with E-state index in [2.05, 4.69) is 51.9 Å². The van der Waals surface area contributed by atoms with Crippen LogP contribution in [0.1, 0.15) is 5.56 Å². The van der Waals surface area contributed by atoms with Crippen LogP contribution >= 0.6 is 0 Å². The standard InChI is InChI=1S/C19H22N4O/c1-14-3-4-16(23-9-7-22(2)8-10-23)12-18(14)24-17-11-15-5-6-20-19(15)21-13-17/h3-6,11-13H,7-10H2,1-2H3,(H,20,21). The van der Waals surface area contributed by atoms with Crippen LogP contribution in [0.25, 0.3) is 11.0 Å². The molecule has 1 aliphatic heterocycles. The molecule has 0 saturated carbocycles. The van der Waals surface area contributed by atoms with Crippen molar-refractivity contribution in [3.8, 4) is 11.5 Å². The molecule has 4 rings (SSSR count). The van der Waals surface area contributed by atoms with Gasteiger partial charge in [-0.15, -0.1) is 0 Å². The second-order valence-corrected chi connectivity index (χ2v) is 6.43. The van der Waals surface area contributed by atoms with Gasteiger partial charge in [-0.3, -0.25) is 0 Å². The Morgan fingerprint density at radius 3 is 2.75 bits per heavy atom. The van der Waals surface area contributed by atoms with Crippen molar-refractivity contribution < 1.29 is 4.74 Å². The predicted molar refractivity (Wildman–Crippen MR) is 97.1 cm³/mol. The molecular formula is C19H22N4O. The third-order valence-corrected chi connectivity index (χ3v) is 4.64. The molecule has 24 heavy (non-hydrogen) atoms. The average Bonchev–Trinajstić information content (AvgIpc) is 3.05. The normalized spacial score (nSPS) is 15.8. The number of anilines is 1. The number of benzene rings is 1. The van der Waals surface area contributed by atoms with Gasteiger partial charge in [-0.05, 0) is 37.7 Å². The summed E-state index contributed by atoms with van der Waals surface area (Å²) in [7, 11) is 2.17. The Labute approximate surface area is 141 Å². The number of hydrogen-bond acceptors (Lipinski definition) is 4. The minimum atomic E-state index is 0.765. The summed E-state index contributed by atoms with van der Waals surface area (Å²) in [5.41, 5.74) is 3.23. The Bertz CT molecular complexity index is 849. The first-order chi connectivity index (χ1) is 11.7. The molecule has 0 bridgehead atoms. The number of nitrogens with one attached hydrogen (secondary N) is 1. The third kappa shape index (κ3) is 2.95. The highest BCUT2D eigenvalue weighted by Gasteiger charge is 2.15. The number of fused-ring (bicyclic) bond motifs is 1. The van der Waals surface area contributed by atoms with Gasteiger partial charge in [0.05, 0.1) is 6.20 Å². The van der Waals surface area contributed by atoms with Crippen molar-refractivity contribution in [2.45, 2.75) is 6.92 Å². The van der Waals surface area contributed by atoms with Crippen molar-refractivity contribution >= 4 is 16.7 Å². The van der Waals surface area contributed by atoms with Crippen LogP contribution in [0.3, 0.4) is 0 Å². The first kappa shape index (κ1) is 15.0. The summed E-state index contributed by atoms with van der Waals surface area (Å²) < 4.78 is 6.13. The molecular weight excluding hydrogens is 300 g/mol. The topological polar surface area (TPSA) is 44.4 Å². The fourth-order valence-electron chi connectivity index (χ4n) is 3.06. The summed E-state index contributed by atoms with van der Waals surface area (Å²) in [5, 5.41) is 1.06. The van der Waals surface area contributed by atoms with Crippen LogP contribution in [0, 0.1) is 6.92 Å². The Morgan fingerprint density at radius 2 is 1.92 bits per heavy atom. The van der Waals surface area contributed by atoms with E-state index in [1.54, 1.807) is 6.20 Å². The lowest BCUT2D eigenvalue weighted by atomic mass is 10.1. The third-order valence-electron chi connectivity index (χ3n) is 4.64. The second-order valence-electron chi connectivity index (χ2n) is 6.43. The lowest BCUT2D eigenvalue weighted by Gasteiger charge is -2.34. The molecule has 0 atom stereocenters. The van der Waals surface area contributed by atoms with Gasteiger partial charge in [0, 0.05) is 49.5 Å². The number of aromatic nitrogens is 2. The molecule has 0 amide bonds. The first-order valence-electron chi connectivity index (χ1n) is 8.34. The molecule has 1 N–H and O–H groups in total. The molecule has 2 aromatic heterocycles. The van der Waals surface area contributed by atoms with Gasteiger partial charge in [-0.25, -0.2) is 4.98 Å². The fraction of sp³-hybridized carbons (Fsp3) is 0.316. The summed E-state index contributed by atoms with van der Waals surface area (Å²) in [6, 6.07) is 10.5. The van der Waals surface area contributed by atoms with Gasteiger partial charge < -0.3 is 19.5 Å². The van der Waals surface area contributed by atoms with Crippen molar-refractivity contribution in [3.63, 3.8) is 0 Å². The molecule has 0 aliphatic carbocycles. The minimum Gasteiger partial charge on any atom is -0.455 e. The van der Waals surface area contributed by atoms with Crippen LogP contribution in [0.2, 0.25) is 0 Å². The van der Waals surface area contributed by atoms with Gasteiger partial charge in [-0.1, -0.05) is 6.07 Å². The maximum Gasteiger partial charge on any atom is 0.146 e. The van der Waals surface area contributed by atoms with Crippen molar-refractivity contribution in [1.82, 2.24) is 14.9 Å². The van der Waals surface area contributed by atoms with Crippen LogP contribution in [-0.2, 0) is 0 Å². The molecule has 124 valence electrons. The molecule has 0 unspecified atom stereocenters. The van der Waals surface area contributed by atoms with Gasteiger partial charge in [-0.2, -0.15) is 0 Å². The maximum absolute atomic E-state index is 6.13. The van der Waals surface area contributed by atoms with Crippen molar-refractivity contribution in [3.05, 3.63) is 48.3 Å². The van der Waals surface area contributed by atoms with Crippen LogP contribution in [0.5, 0.6) is 11.5 Å². The van der Waals surface area contributed by atoms with Crippen LogP contribution < -0.4 is 9.64 Å². The molecule has 1 fully saturated rings. The molecule has 0 spiro atoms. The van der Waals surface area contributed by atoms with E-state index in [4.69, 9.17) is 4.74 Å². The molecule has 1 saturated heterocycles. The Balaban J connectivity index is 1.58. The number of ether oxygens (including phenoxy) is 1. The summed E-state index contributed by atoms with van der Waals surface area (Å²) in [6.45, 7) is 6.37. The van der Waals surface area contributed by atoms with E-state index in [0.29, 0.717) is 0 Å². The van der Waals surface area contributed by atoms with E-state index in [1.165, 1.54) is 5.69 Å². The van der Waals surface area contributed by atoms with Gasteiger partial charge in [0.15, 0.2) is 0 Å². The number of hydrogen-bond donors (Lipinski definition) is 1. The van der Waals surface area contributed by atoms with E-state index in [1.807, 2.05) is 18.3 Å². The summed E-state index contributed by atoms with van der Waals surface area (Å²) in [4.78, 5) is 12.3. The highest BCUT2D eigenvalue weighted by Crippen LogP contribution is 2.30. The second kappa shape index (κ2) is 6.17. The zero-order valence-corrected chi connectivity index (χ0v) is 14.1. The average molecular weight is 322 g/mol. The molecule has 1 aliphatic rings. The number of aryl methyl sites for hydroxylation is 1.